The topological polar surface area (TPSA) is 72.2 Å². The summed E-state index contributed by atoms with van der Waals surface area (Å²) in [6, 6.07) is 8.87. The molecule has 0 fully saturated rings. The molecule has 20 heavy (non-hydrogen) atoms. The molecule has 2 aromatic rings. The molecule has 0 bridgehead atoms. The van der Waals surface area contributed by atoms with Crippen molar-refractivity contribution < 1.29 is 12.8 Å². The van der Waals surface area contributed by atoms with Crippen molar-refractivity contribution in [2.45, 2.75) is 11.8 Å². The molecule has 2 rings (SSSR count). The summed E-state index contributed by atoms with van der Waals surface area (Å²) in [6.07, 6.45) is 0. The third-order valence-electron chi connectivity index (χ3n) is 2.59. The highest BCUT2D eigenvalue weighted by atomic mass is 35.5. The maximum atomic E-state index is 13.9. The minimum absolute atomic E-state index is 0.0496. The van der Waals surface area contributed by atoms with Crippen LogP contribution in [0.25, 0.3) is 0 Å². The predicted octanol–water partition coefficient (Wildman–Crippen LogP) is 3.17. The first-order valence-corrected chi connectivity index (χ1v) is 7.50. The van der Waals surface area contributed by atoms with Crippen LogP contribution < -0.4 is 10.5 Å². The van der Waals surface area contributed by atoms with Crippen molar-refractivity contribution in [3.8, 4) is 0 Å². The van der Waals surface area contributed by atoms with Crippen molar-refractivity contribution >= 4 is 33.0 Å². The second kappa shape index (κ2) is 5.30. The van der Waals surface area contributed by atoms with E-state index in [0.29, 0.717) is 5.69 Å². The minimum atomic E-state index is -4.10. The highest BCUT2D eigenvalue weighted by molar-refractivity contribution is 7.92. The van der Waals surface area contributed by atoms with Crippen LogP contribution in [0.1, 0.15) is 5.56 Å². The van der Waals surface area contributed by atoms with Crippen LogP contribution in [0.2, 0.25) is 5.02 Å². The third-order valence-corrected chi connectivity index (χ3v) is 4.19. The van der Waals surface area contributed by atoms with Gasteiger partial charge in [0.15, 0.2) is 5.82 Å². The standard InChI is InChI=1S/C13H12ClFN2O2S/c1-8-3-2-4-10(5-8)17-20(18,19)12-7-9(14)6-11(16)13(12)15/h2-7,17H,16H2,1H3. The Kier molecular flexibility index (Phi) is 3.87. The highest BCUT2D eigenvalue weighted by Gasteiger charge is 2.22. The van der Waals surface area contributed by atoms with Gasteiger partial charge in [-0.2, -0.15) is 0 Å². The van der Waals surface area contributed by atoms with E-state index in [2.05, 4.69) is 4.72 Å². The first kappa shape index (κ1) is 14.6. The third kappa shape index (κ3) is 3.02. The zero-order valence-corrected chi connectivity index (χ0v) is 12.1. The van der Waals surface area contributed by atoms with Gasteiger partial charge in [0.05, 0.1) is 5.69 Å². The van der Waals surface area contributed by atoms with Crippen LogP contribution in [0.4, 0.5) is 15.8 Å². The molecule has 106 valence electrons. The Hall–Kier alpha value is -1.79. The van der Waals surface area contributed by atoms with Crippen molar-refractivity contribution in [2.75, 3.05) is 10.5 Å². The Morgan fingerprint density at radius 2 is 1.95 bits per heavy atom. The molecule has 0 atom stereocenters. The Bertz CT molecular complexity index is 763. The molecule has 0 aliphatic heterocycles. The molecule has 4 nitrogen and oxygen atoms in total. The largest absolute Gasteiger partial charge is 0.396 e. The second-order valence-corrected chi connectivity index (χ2v) is 6.37. The molecular weight excluding hydrogens is 303 g/mol. The fraction of sp³-hybridized carbons (Fsp3) is 0.0769. The number of hydrogen-bond acceptors (Lipinski definition) is 3. The van der Waals surface area contributed by atoms with Gasteiger partial charge in [0, 0.05) is 10.7 Å². The Labute approximate surface area is 121 Å². The van der Waals surface area contributed by atoms with Gasteiger partial charge in [-0.3, -0.25) is 4.72 Å². The molecule has 0 saturated carbocycles. The monoisotopic (exact) mass is 314 g/mol. The molecule has 0 aliphatic carbocycles. The fourth-order valence-electron chi connectivity index (χ4n) is 1.70. The smallest absolute Gasteiger partial charge is 0.264 e. The summed E-state index contributed by atoms with van der Waals surface area (Å²) in [6.45, 7) is 1.82. The molecule has 7 heteroatoms. The Morgan fingerprint density at radius 1 is 1.25 bits per heavy atom. The number of hydrogen-bond donors (Lipinski definition) is 2. The molecular formula is C13H12ClFN2O2S. The maximum Gasteiger partial charge on any atom is 0.264 e. The normalized spacial score (nSPS) is 11.3. The van der Waals surface area contributed by atoms with E-state index in [1.807, 2.05) is 13.0 Å². The number of aryl methyl sites for hydroxylation is 1. The van der Waals surface area contributed by atoms with Gasteiger partial charge in [-0.1, -0.05) is 23.7 Å². The van der Waals surface area contributed by atoms with Crippen molar-refractivity contribution in [1.29, 1.82) is 0 Å². The van der Waals surface area contributed by atoms with Crippen molar-refractivity contribution in [2.24, 2.45) is 0 Å². The van der Waals surface area contributed by atoms with Gasteiger partial charge in [-0.25, -0.2) is 12.8 Å². The summed E-state index contributed by atoms with van der Waals surface area (Å²) in [7, 11) is -4.10. The first-order chi connectivity index (χ1) is 9.29. The molecule has 0 aromatic heterocycles. The van der Waals surface area contributed by atoms with E-state index in [1.54, 1.807) is 18.2 Å². The molecule has 0 aliphatic rings. The number of rotatable bonds is 3. The lowest BCUT2D eigenvalue weighted by atomic mass is 10.2. The molecule has 0 spiro atoms. The summed E-state index contributed by atoms with van der Waals surface area (Å²) in [5, 5.41) is 0.0496. The lowest BCUT2D eigenvalue weighted by Gasteiger charge is -2.11. The average Bonchev–Trinajstić information content (AvgIpc) is 2.33. The van der Waals surface area contributed by atoms with Crippen LogP contribution in [0.5, 0.6) is 0 Å². The van der Waals surface area contributed by atoms with E-state index < -0.39 is 20.7 Å². The number of nitrogens with two attached hydrogens (primary N) is 1. The number of anilines is 2. The van der Waals surface area contributed by atoms with Gasteiger partial charge in [-0.05, 0) is 36.8 Å². The van der Waals surface area contributed by atoms with Crippen LogP contribution in [-0.4, -0.2) is 8.42 Å². The molecule has 0 radical (unpaired) electrons. The SMILES string of the molecule is Cc1cccc(NS(=O)(=O)c2cc(Cl)cc(N)c2F)c1. The highest BCUT2D eigenvalue weighted by Crippen LogP contribution is 2.27. The van der Waals surface area contributed by atoms with Gasteiger partial charge in [0.1, 0.15) is 4.90 Å². The van der Waals surface area contributed by atoms with Crippen LogP contribution in [0, 0.1) is 12.7 Å². The Balaban J connectivity index is 2.46. The number of nitrogens with one attached hydrogen (secondary N) is 1. The van der Waals surface area contributed by atoms with Crippen LogP contribution in [0.3, 0.4) is 0 Å². The number of benzene rings is 2. The van der Waals surface area contributed by atoms with E-state index in [9.17, 15) is 12.8 Å². The van der Waals surface area contributed by atoms with Crippen LogP contribution in [0.15, 0.2) is 41.3 Å². The second-order valence-electron chi connectivity index (χ2n) is 4.28. The zero-order valence-electron chi connectivity index (χ0n) is 10.5. The summed E-state index contributed by atoms with van der Waals surface area (Å²) in [5.74, 6) is -1.02. The van der Waals surface area contributed by atoms with Gasteiger partial charge in [0.2, 0.25) is 0 Å². The van der Waals surface area contributed by atoms with Gasteiger partial charge < -0.3 is 5.73 Å². The lowest BCUT2D eigenvalue weighted by Crippen LogP contribution is -2.15. The van der Waals surface area contributed by atoms with Crippen molar-refractivity contribution in [3.63, 3.8) is 0 Å². The van der Waals surface area contributed by atoms with Gasteiger partial charge in [-0.15, -0.1) is 0 Å². The van der Waals surface area contributed by atoms with E-state index in [4.69, 9.17) is 17.3 Å². The summed E-state index contributed by atoms with van der Waals surface area (Å²) < 4.78 is 40.5. The lowest BCUT2D eigenvalue weighted by molar-refractivity contribution is 0.573. The van der Waals surface area contributed by atoms with E-state index in [0.717, 1.165) is 17.7 Å². The average molecular weight is 315 g/mol. The van der Waals surface area contributed by atoms with Gasteiger partial charge >= 0.3 is 0 Å². The van der Waals surface area contributed by atoms with Gasteiger partial charge in [0.25, 0.3) is 10.0 Å². The number of nitrogen functional groups attached to an aromatic ring is 1. The van der Waals surface area contributed by atoms with Crippen molar-refractivity contribution in [3.05, 3.63) is 52.8 Å². The Morgan fingerprint density at radius 3 is 2.60 bits per heavy atom. The van der Waals surface area contributed by atoms with Crippen molar-refractivity contribution in [1.82, 2.24) is 0 Å². The van der Waals surface area contributed by atoms with E-state index >= 15 is 0 Å². The quantitative estimate of drug-likeness (QED) is 0.855. The van der Waals surface area contributed by atoms with Crippen LogP contribution in [-0.2, 0) is 10.0 Å². The van der Waals surface area contributed by atoms with E-state index in [-0.39, 0.29) is 10.7 Å². The predicted molar refractivity (Wildman–Crippen MR) is 77.8 cm³/mol. The molecule has 0 heterocycles. The molecule has 0 amide bonds. The maximum absolute atomic E-state index is 13.9. The zero-order chi connectivity index (χ0) is 14.9. The fourth-order valence-corrected chi connectivity index (χ4v) is 3.17. The number of halogens is 2. The molecule has 0 saturated heterocycles. The number of sulfonamides is 1. The van der Waals surface area contributed by atoms with Crippen LogP contribution >= 0.6 is 11.6 Å². The molecule has 0 unspecified atom stereocenters. The van der Waals surface area contributed by atoms with E-state index in [1.165, 1.54) is 0 Å². The molecule has 2 aromatic carbocycles. The molecule has 3 N–H and O–H groups in total. The summed E-state index contributed by atoms with van der Waals surface area (Å²) >= 11 is 5.72. The first-order valence-electron chi connectivity index (χ1n) is 5.63. The minimum Gasteiger partial charge on any atom is -0.396 e. The summed E-state index contributed by atoms with van der Waals surface area (Å²) in [4.78, 5) is -0.580. The summed E-state index contributed by atoms with van der Waals surface area (Å²) in [5.41, 5.74) is 6.27.